The van der Waals surface area contributed by atoms with Gasteiger partial charge in [0.2, 0.25) is 0 Å². The Hall–Kier alpha value is -2.10. The molecule has 4 aliphatic rings. The molecular weight excluding hydrogens is 396 g/mol. The lowest BCUT2D eigenvalue weighted by molar-refractivity contribution is -0.0167. The lowest BCUT2D eigenvalue weighted by Crippen LogP contribution is -2.60. The Kier molecular flexibility index (Phi) is 5.67. The fourth-order valence-electron chi connectivity index (χ4n) is 7.24. The highest BCUT2D eigenvalue weighted by atomic mass is 16.2. The number of carbonyl (C=O) groups excluding carboxylic acids is 1. The molecule has 4 aliphatic carbocycles. The molecular formula is C28H38N2O2. The number of aromatic nitrogens is 1. The molecule has 4 saturated carbocycles. The van der Waals surface area contributed by atoms with Crippen molar-refractivity contribution in [3.05, 3.63) is 45.7 Å². The summed E-state index contributed by atoms with van der Waals surface area (Å²) in [5, 5.41) is 4.43. The van der Waals surface area contributed by atoms with Crippen LogP contribution < -0.4 is 10.9 Å². The SMILES string of the molecule is CCCCCn1c(=O)c(C(=O)NC23CC4CC(CC(C4)C2)C3)cc2cc(C(C)C)ccc21. The van der Waals surface area contributed by atoms with Crippen LogP contribution >= 0.6 is 0 Å². The summed E-state index contributed by atoms with van der Waals surface area (Å²) in [6.07, 6.45) is 10.5. The fourth-order valence-corrected chi connectivity index (χ4v) is 7.24. The monoisotopic (exact) mass is 434 g/mol. The molecule has 1 heterocycles. The third-order valence-electron chi connectivity index (χ3n) is 8.43. The van der Waals surface area contributed by atoms with Crippen molar-refractivity contribution in [2.24, 2.45) is 17.8 Å². The largest absolute Gasteiger partial charge is 0.346 e. The number of nitrogens with zero attached hydrogens (tertiary/aromatic N) is 1. The number of amides is 1. The van der Waals surface area contributed by atoms with Crippen molar-refractivity contribution in [3.63, 3.8) is 0 Å². The molecule has 0 unspecified atom stereocenters. The van der Waals surface area contributed by atoms with Crippen LogP contribution in [-0.4, -0.2) is 16.0 Å². The summed E-state index contributed by atoms with van der Waals surface area (Å²) in [5.41, 5.74) is 2.30. The second kappa shape index (κ2) is 8.35. The summed E-state index contributed by atoms with van der Waals surface area (Å²) >= 11 is 0. The molecule has 0 atom stereocenters. The minimum absolute atomic E-state index is 0.0833. The number of fused-ring (bicyclic) bond motifs is 1. The Balaban J connectivity index is 1.51. The summed E-state index contributed by atoms with van der Waals surface area (Å²) in [7, 11) is 0. The molecule has 1 aromatic heterocycles. The van der Waals surface area contributed by atoms with Gasteiger partial charge in [-0.3, -0.25) is 9.59 Å². The highest BCUT2D eigenvalue weighted by molar-refractivity contribution is 5.98. The normalized spacial score (nSPS) is 28.6. The summed E-state index contributed by atoms with van der Waals surface area (Å²) in [6, 6.07) is 8.21. The van der Waals surface area contributed by atoms with Gasteiger partial charge in [0.1, 0.15) is 5.56 Å². The number of aryl methyl sites for hydroxylation is 1. The van der Waals surface area contributed by atoms with Crippen molar-refractivity contribution in [2.45, 2.75) is 96.6 Å². The van der Waals surface area contributed by atoms with Crippen molar-refractivity contribution >= 4 is 16.8 Å². The Labute approximate surface area is 191 Å². The summed E-state index contributed by atoms with van der Waals surface area (Å²) in [4.78, 5) is 27.1. The van der Waals surface area contributed by atoms with Crippen molar-refractivity contribution in [1.82, 2.24) is 9.88 Å². The minimum atomic E-state index is -0.155. The maximum absolute atomic E-state index is 13.6. The minimum Gasteiger partial charge on any atom is -0.346 e. The number of pyridine rings is 1. The molecule has 172 valence electrons. The Morgan fingerprint density at radius 3 is 2.31 bits per heavy atom. The second-order valence-corrected chi connectivity index (χ2v) is 11.3. The molecule has 4 fully saturated rings. The molecule has 0 saturated heterocycles. The quantitative estimate of drug-likeness (QED) is 0.542. The number of nitrogens with one attached hydrogen (secondary N) is 1. The molecule has 1 amide bonds. The molecule has 0 aliphatic heterocycles. The number of carbonyl (C=O) groups is 1. The van der Waals surface area contributed by atoms with E-state index < -0.39 is 0 Å². The molecule has 4 nitrogen and oxygen atoms in total. The van der Waals surface area contributed by atoms with Crippen LogP contribution in [0.2, 0.25) is 0 Å². The molecule has 4 bridgehead atoms. The lowest BCUT2D eigenvalue weighted by Gasteiger charge is -2.56. The third-order valence-corrected chi connectivity index (χ3v) is 8.43. The van der Waals surface area contributed by atoms with Crippen LogP contribution in [0.4, 0.5) is 0 Å². The van der Waals surface area contributed by atoms with Gasteiger partial charge in [-0.1, -0.05) is 39.7 Å². The van der Waals surface area contributed by atoms with E-state index in [9.17, 15) is 9.59 Å². The van der Waals surface area contributed by atoms with Gasteiger partial charge in [-0.2, -0.15) is 0 Å². The molecule has 0 spiro atoms. The standard InChI is InChI=1S/C28H38N2O2/c1-4-5-6-9-30-25-8-7-22(18(2)3)13-23(25)14-24(27(30)32)26(31)29-28-15-19-10-20(16-28)12-21(11-19)17-28/h7-8,13-14,18-21H,4-6,9-12,15-17H2,1-3H3,(H,29,31). The Morgan fingerprint density at radius 1 is 1.06 bits per heavy atom. The van der Waals surface area contributed by atoms with Gasteiger partial charge in [0.25, 0.3) is 11.5 Å². The topological polar surface area (TPSA) is 51.1 Å². The van der Waals surface area contributed by atoms with E-state index in [1.54, 1.807) is 0 Å². The Morgan fingerprint density at radius 2 is 1.72 bits per heavy atom. The molecule has 2 aromatic rings. The van der Waals surface area contributed by atoms with E-state index in [1.165, 1.54) is 24.8 Å². The van der Waals surface area contributed by atoms with Crippen LogP contribution in [0, 0.1) is 17.8 Å². The van der Waals surface area contributed by atoms with Crippen molar-refractivity contribution < 1.29 is 4.79 Å². The van der Waals surface area contributed by atoms with Gasteiger partial charge in [0.05, 0.1) is 5.52 Å². The van der Waals surface area contributed by atoms with E-state index in [0.717, 1.165) is 67.2 Å². The molecule has 32 heavy (non-hydrogen) atoms. The average Bonchev–Trinajstić information content (AvgIpc) is 2.73. The van der Waals surface area contributed by atoms with E-state index in [-0.39, 0.29) is 17.0 Å². The lowest BCUT2D eigenvalue weighted by atomic mass is 9.53. The van der Waals surface area contributed by atoms with Gasteiger partial charge in [-0.15, -0.1) is 0 Å². The van der Waals surface area contributed by atoms with Gasteiger partial charge in [0, 0.05) is 12.1 Å². The number of hydrogen-bond acceptors (Lipinski definition) is 2. The van der Waals surface area contributed by atoms with E-state index in [0.29, 0.717) is 18.0 Å². The first kappa shape index (κ1) is 21.7. The summed E-state index contributed by atoms with van der Waals surface area (Å²) in [6.45, 7) is 7.20. The summed E-state index contributed by atoms with van der Waals surface area (Å²) < 4.78 is 1.85. The van der Waals surface area contributed by atoms with Crippen molar-refractivity contribution in [1.29, 1.82) is 0 Å². The van der Waals surface area contributed by atoms with E-state index in [4.69, 9.17) is 0 Å². The van der Waals surface area contributed by atoms with E-state index >= 15 is 0 Å². The molecule has 6 rings (SSSR count). The molecule has 1 N–H and O–H groups in total. The Bertz CT molecular complexity index is 1050. The number of unbranched alkanes of at least 4 members (excludes halogenated alkanes) is 2. The van der Waals surface area contributed by atoms with Gasteiger partial charge in [-0.25, -0.2) is 0 Å². The molecule has 4 heteroatoms. The van der Waals surface area contributed by atoms with Gasteiger partial charge >= 0.3 is 0 Å². The van der Waals surface area contributed by atoms with E-state index in [1.807, 2.05) is 10.6 Å². The van der Waals surface area contributed by atoms with Gasteiger partial charge in [0.15, 0.2) is 0 Å². The number of rotatable bonds is 7. The maximum Gasteiger partial charge on any atom is 0.263 e. The summed E-state index contributed by atoms with van der Waals surface area (Å²) in [5.74, 6) is 2.54. The number of hydrogen-bond donors (Lipinski definition) is 1. The zero-order valence-electron chi connectivity index (χ0n) is 20.0. The van der Waals surface area contributed by atoms with Crippen LogP contribution in [0.25, 0.3) is 10.9 Å². The predicted molar refractivity (Wildman–Crippen MR) is 130 cm³/mol. The highest BCUT2D eigenvalue weighted by Gasteiger charge is 2.51. The zero-order valence-corrected chi connectivity index (χ0v) is 20.0. The van der Waals surface area contributed by atoms with Crippen LogP contribution in [0.5, 0.6) is 0 Å². The molecule has 0 radical (unpaired) electrons. The van der Waals surface area contributed by atoms with Gasteiger partial charge in [-0.05, 0) is 97.8 Å². The van der Waals surface area contributed by atoms with Crippen LogP contribution in [0.3, 0.4) is 0 Å². The predicted octanol–water partition coefficient (Wildman–Crippen LogP) is 6.01. The van der Waals surface area contributed by atoms with Crippen molar-refractivity contribution in [3.8, 4) is 0 Å². The first-order chi connectivity index (χ1) is 15.4. The highest BCUT2D eigenvalue weighted by Crippen LogP contribution is 2.55. The number of benzene rings is 1. The third kappa shape index (κ3) is 3.91. The molecule has 1 aromatic carbocycles. The first-order valence-corrected chi connectivity index (χ1v) is 12.9. The van der Waals surface area contributed by atoms with Gasteiger partial charge < -0.3 is 9.88 Å². The van der Waals surface area contributed by atoms with Crippen LogP contribution in [0.15, 0.2) is 29.1 Å². The van der Waals surface area contributed by atoms with Crippen molar-refractivity contribution in [2.75, 3.05) is 0 Å². The first-order valence-electron chi connectivity index (χ1n) is 12.9. The average molecular weight is 435 g/mol. The maximum atomic E-state index is 13.6. The second-order valence-electron chi connectivity index (χ2n) is 11.3. The van der Waals surface area contributed by atoms with Crippen LogP contribution in [-0.2, 0) is 6.54 Å². The smallest absolute Gasteiger partial charge is 0.263 e. The van der Waals surface area contributed by atoms with Crippen LogP contribution in [0.1, 0.15) is 100 Å². The zero-order chi connectivity index (χ0) is 22.5. The fraction of sp³-hybridized carbons (Fsp3) is 0.643. The van der Waals surface area contributed by atoms with E-state index in [2.05, 4.69) is 44.3 Å².